The van der Waals surface area contributed by atoms with E-state index < -0.39 is 17.5 Å². The van der Waals surface area contributed by atoms with E-state index in [1.54, 1.807) is 30.3 Å². The van der Waals surface area contributed by atoms with Crippen LogP contribution < -0.4 is 5.32 Å². The number of hydrogen-bond donors (Lipinski definition) is 2. The van der Waals surface area contributed by atoms with Gasteiger partial charge in [0.05, 0.1) is 0 Å². The van der Waals surface area contributed by atoms with Gasteiger partial charge >= 0.3 is 0 Å². The molecule has 4 nitrogen and oxygen atoms in total. The zero-order chi connectivity index (χ0) is 15.2. The summed E-state index contributed by atoms with van der Waals surface area (Å²) in [6.45, 7) is 0. The van der Waals surface area contributed by atoms with E-state index in [2.05, 4.69) is 5.32 Å². The van der Waals surface area contributed by atoms with Crippen molar-refractivity contribution in [3.8, 4) is 0 Å². The summed E-state index contributed by atoms with van der Waals surface area (Å²) in [6.07, 6.45) is 0.841. The van der Waals surface area contributed by atoms with Gasteiger partial charge in [0.25, 0.3) is 5.91 Å². The Morgan fingerprint density at radius 2 is 1.62 bits per heavy atom. The van der Waals surface area contributed by atoms with Crippen molar-refractivity contribution in [2.45, 2.75) is 0 Å². The summed E-state index contributed by atoms with van der Waals surface area (Å²) < 4.78 is 12.7. The molecule has 2 aromatic rings. The Balaban J connectivity index is 2.06. The van der Waals surface area contributed by atoms with Crippen LogP contribution in [0.15, 0.2) is 60.7 Å². The molecule has 0 bridgehead atoms. The minimum Gasteiger partial charge on any atom is -0.507 e. The molecule has 0 atom stereocenters. The van der Waals surface area contributed by atoms with Gasteiger partial charge in [0.2, 0.25) is 5.78 Å². The summed E-state index contributed by atoms with van der Waals surface area (Å²) in [6, 6.07) is 13.4. The molecule has 0 fully saturated rings. The summed E-state index contributed by atoms with van der Waals surface area (Å²) in [5.74, 6) is -2.56. The monoisotopic (exact) mass is 285 g/mol. The van der Waals surface area contributed by atoms with Crippen molar-refractivity contribution in [1.82, 2.24) is 0 Å². The van der Waals surface area contributed by atoms with Gasteiger partial charge in [-0.2, -0.15) is 0 Å². The van der Waals surface area contributed by atoms with E-state index in [-0.39, 0.29) is 5.76 Å². The van der Waals surface area contributed by atoms with Gasteiger partial charge in [-0.1, -0.05) is 30.3 Å². The van der Waals surface area contributed by atoms with E-state index in [9.17, 15) is 19.1 Å². The van der Waals surface area contributed by atoms with Gasteiger partial charge < -0.3 is 10.4 Å². The highest BCUT2D eigenvalue weighted by Gasteiger charge is 2.13. The summed E-state index contributed by atoms with van der Waals surface area (Å²) in [4.78, 5) is 23.3. The third-order valence-corrected chi connectivity index (χ3v) is 2.66. The maximum atomic E-state index is 12.7. The largest absolute Gasteiger partial charge is 0.507 e. The molecular weight excluding hydrogens is 273 g/mol. The van der Waals surface area contributed by atoms with Crippen molar-refractivity contribution in [1.29, 1.82) is 0 Å². The number of anilines is 1. The topological polar surface area (TPSA) is 66.4 Å². The number of hydrogen-bond acceptors (Lipinski definition) is 3. The first kappa shape index (κ1) is 14.5. The van der Waals surface area contributed by atoms with Gasteiger partial charge in [-0.15, -0.1) is 0 Å². The summed E-state index contributed by atoms with van der Waals surface area (Å²) in [5, 5.41) is 12.1. The molecular formula is C16H12FNO3. The second-order valence-electron chi connectivity index (χ2n) is 4.22. The van der Waals surface area contributed by atoms with Gasteiger partial charge in [0.1, 0.15) is 11.6 Å². The highest BCUT2D eigenvalue weighted by molar-refractivity contribution is 6.45. The number of amides is 1. The lowest BCUT2D eigenvalue weighted by atomic mass is 10.1. The van der Waals surface area contributed by atoms with Crippen LogP contribution in [0.3, 0.4) is 0 Å². The Kier molecular flexibility index (Phi) is 4.46. The second-order valence-corrected chi connectivity index (χ2v) is 4.22. The summed E-state index contributed by atoms with van der Waals surface area (Å²) >= 11 is 0. The molecule has 5 heteroatoms. The lowest BCUT2D eigenvalue weighted by molar-refractivity contribution is -0.131. The van der Waals surface area contributed by atoms with E-state index in [0.717, 1.165) is 18.2 Å². The van der Waals surface area contributed by atoms with E-state index in [4.69, 9.17) is 0 Å². The van der Waals surface area contributed by atoms with Gasteiger partial charge in [-0.25, -0.2) is 4.39 Å². The fourth-order valence-electron chi connectivity index (χ4n) is 1.61. The van der Waals surface area contributed by atoms with Crippen molar-refractivity contribution in [3.63, 3.8) is 0 Å². The predicted molar refractivity (Wildman–Crippen MR) is 77.1 cm³/mol. The van der Waals surface area contributed by atoms with Crippen LogP contribution in [-0.2, 0) is 9.59 Å². The molecule has 2 rings (SSSR count). The Morgan fingerprint density at radius 1 is 1.00 bits per heavy atom. The van der Waals surface area contributed by atoms with Crippen LogP contribution in [0.1, 0.15) is 5.56 Å². The average Bonchev–Trinajstić information content (AvgIpc) is 2.50. The van der Waals surface area contributed by atoms with Crippen LogP contribution >= 0.6 is 0 Å². The SMILES string of the molecule is O=C(/C=C(\O)c1ccccc1)C(=O)Nc1ccc(F)cc1. The minimum absolute atomic E-state index is 0.294. The van der Waals surface area contributed by atoms with Crippen molar-refractivity contribution in [2.24, 2.45) is 0 Å². The molecule has 2 N–H and O–H groups in total. The number of halogens is 1. The minimum atomic E-state index is -0.913. The van der Waals surface area contributed by atoms with E-state index >= 15 is 0 Å². The van der Waals surface area contributed by atoms with Gasteiger partial charge in [-0.3, -0.25) is 9.59 Å². The normalized spacial score (nSPS) is 11.0. The summed E-state index contributed by atoms with van der Waals surface area (Å²) in [7, 11) is 0. The van der Waals surface area contributed by atoms with Crippen molar-refractivity contribution in [3.05, 3.63) is 72.1 Å². The molecule has 0 aliphatic rings. The van der Waals surface area contributed by atoms with Gasteiger partial charge in [-0.05, 0) is 24.3 Å². The lowest BCUT2D eigenvalue weighted by Gasteiger charge is -2.03. The number of rotatable bonds is 4. The Bertz CT molecular complexity index is 678. The van der Waals surface area contributed by atoms with E-state index in [0.29, 0.717) is 11.3 Å². The number of carbonyl (C=O) groups is 2. The smallest absolute Gasteiger partial charge is 0.296 e. The molecule has 0 unspecified atom stereocenters. The number of aliphatic hydroxyl groups excluding tert-OH is 1. The van der Waals surface area contributed by atoms with Crippen LogP contribution in [0.25, 0.3) is 5.76 Å². The number of nitrogens with one attached hydrogen (secondary N) is 1. The number of ketones is 1. The maximum Gasteiger partial charge on any atom is 0.296 e. The Hall–Kier alpha value is -2.95. The molecule has 0 aliphatic carbocycles. The number of benzene rings is 2. The zero-order valence-electron chi connectivity index (χ0n) is 10.9. The van der Waals surface area contributed by atoms with Gasteiger partial charge in [0.15, 0.2) is 0 Å². The second kappa shape index (κ2) is 6.47. The van der Waals surface area contributed by atoms with E-state index in [1.165, 1.54) is 12.1 Å². The fraction of sp³-hybridized carbons (Fsp3) is 0. The molecule has 0 saturated heterocycles. The molecule has 0 aliphatic heterocycles. The lowest BCUT2D eigenvalue weighted by Crippen LogP contribution is -2.21. The van der Waals surface area contributed by atoms with Crippen molar-refractivity contribution >= 4 is 23.1 Å². The molecule has 0 saturated carbocycles. The molecule has 21 heavy (non-hydrogen) atoms. The highest BCUT2D eigenvalue weighted by atomic mass is 19.1. The molecule has 1 amide bonds. The summed E-state index contributed by atoms with van der Waals surface area (Å²) in [5.41, 5.74) is 0.725. The zero-order valence-corrected chi connectivity index (χ0v) is 10.9. The van der Waals surface area contributed by atoms with Crippen molar-refractivity contribution < 1.29 is 19.1 Å². The van der Waals surface area contributed by atoms with Gasteiger partial charge in [0, 0.05) is 17.3 Å². The maximum absolute atomic E-state index is 12.7. The van der Waals surface area contributed by atoms with Crippen LogP contribution in [0, 0.1) is 5.82 Å². The first-order valence-corrected chi connectivity index (χ1v) is 6.13. The quantitative estimate of drug-likeness (QED) is 0.515. The van der Waals surface area contributed by atoms with Crippen LogP contribution in [-0.4, -0.2) is 16.8 Å². The highest BCUT2D eigenvalue weighted by Crippen LogP contribution is 2.11. The van der Waals surface area contributed by atoms with Crippen molar-refractivity contribution in [2.75, 3.05) is 5.32 Å². The van der Waals surface area contributed by atoms with E-state index in [1.807, 2.05) is 0 Å². The van der Waals surface area contributed by atoms with Crippen LogP contribution in [0.5, 0.6) is 0 Å². The number of carbonyl (C=O) groups excluding carboxylic acids is 2. The third kappa shape index (κ3) is 4.01. The predicted octanol–water partition coefficient (Wildman–Crippen LogP) is 2.93. The first-order valence-electron chi connectivity index (χ1n) is 6.13. The first-order chi connectivity index (χ1) is 10.1. The molecule has 0 spiro atoms. The Labute approximate surface area is 120 Å². The third-order valence-electron chi connectivity index (χ3n) is 2.66. The molecule has 0 heterocycles. The fourth-order valence-corrected chi connectivity index (χ4v) is 1.61. The van der Waals surface area contributed by atoms with Crippen LogP contribution in [0.4, 0.5) is 10.1 Å². The van der Waals surface area contributed by atoms with Crippen LogP contribution in [0.2, 0.25) is 0 Å². The molecule has 0 aromatic heterocycles. The standard InChI is InChI=1S/C16H12FNO3/c17-12-6-8-13(9-7-12)18-16(21)15(20)10-14(19)11-4-2-1-3-5-11/h1-10,19H,(H,18,21)/b14-10-. The molecule has 2 aromatic carbocycles. The Morgan fingerprint density at radius 3 is 2.24 bits per heavy atom. The number of aliphatic hydroxyl groups is 1. The molecule has 0 radical (unpaired) electrons. The average molecular weight is 285 g/mol. The molecule has 106 valence electrons.